The smallest absolute Gasteiger partial charge is 0.252 e. The Bertz CT molecular complexity index is 786. The van der Waals surface area contributed by atoms with Gasteiger partial charge >= 0.3 is 10.2 Å². The van der Waals surface area contributed by atoms with Crippen molar-refractivity contribution in [2.24, 2.45) is 0 Å². The van der Waals surface area contributed by atoms with Gasteiger partial charge in [-0.15, -0.1) is 0 Å². The molecule has 0 fully saturated rings. The summed E-state index contributed by atoms with van der Waals surface area (Å²) in [5.74, 6) is -0.569. The highest BCUT2D eigenvalue weighted by Crippen LogP contribution is 2.36. The molecule has 7 heteroatoms. The van der Waals surface area contributed by atoms with Crippen molar-refractivity contribution < 1.29 is 12.8 Å². The van der Waals surface area contributed by atoms with E-state index in [1.807, 2.05) is 12.2 Å². The van der Waals surface area contributed by atoms with Crippen LogP contribution in [0.1, 0.15) is 6.42 Å². The first kappa shape index (κ1) is 15.3. The minimum atomic E-state index is -3.85. The normalized spacial score (nSPS) is 19.5. The van der Waals surface area contributed by atoms with Crippen LogP contribution < -0.4 is 4.31 Å². The number of nitrogens with zero attached hydrogens (tertiary/aromatic N) is 2. The van der Waals surface area contributed by atoms with Crippen molar-refractivity contribution in [2.75, 3.05) is 16.2 Å². The molecular weight excluding hydrogens is 371 g/mol. The van der Waals surface area contributed by atoms with Crippen molar-refractivity contribution in [3.8, 4) is 0 Å². The summed E-state index contributed by atoms with van der Waals surface area (Å²) in [6.07, 6.45) is 7.68. The lowest BCUT2D eigenvalue weighted by atomic mass is 10.0. The molecule has 0 atom stereocenters. The predicted octanol–water partition coefficient (Wildman–Crippen LogP) is 3.32. The monoisotopic (exact) mass is 384 g/mol. The van der Waals surface area contributed by atoms with E-state index in [0.717, 1.165) is 9.88 Å². The Morgan fingerprint density at radius 2 is 2.05 bits per heavy atom. The molecule has 116 valence electrons. The Hall–Kier alpha value is -1.60. The zero-order chi connectivity index (χ0) is 15.7. The van der Waals surface area contributed by atoms with Gasteiger partial charge in [0.25, 0.3) is 0 Å². The Kier molecular flexibility index (Phi) is 4.10. The topological polar surface area (TPSA) is 40.6 Å². The van der Waals surface area contributed by atoms with Crippen molar-refractivity contribution in [1.29, 1.82) is 0 Å². The first-order chi connectivity index (χ1) is 10.6. The number of benzene rings is 1. The molecule has 0 N–H and O–H groups in total. The van der Waals surface area contributed by atoms with Gasteiger partial charge in [-0.3, -0.25) is 4.31 Å². The minimum Gasteiger partial charge on any atom is -0.252 e. The van der Waals surface area contributed by atoms with Crippen LogP contribution in [0.25, 0.3) is 0 Å². The first-order valence-electron chi connectivity index (χ1n) is 6.76. The SMILES string of the molecule is O=S1(=O)N(CCBr)C2=CC=CCC2=CN1c1ccccc1F. The quantitative estimate of drug-likeness (QED) is 0.750. The molecule has 0 spiro atoms. The van der Waals surface area contributed by atoms with E-state index in [4.69, 9.17) is 0 Å². The summed E-state index contributed by atoms with van der Waals surface area (Å²) in [4.78, 5) is 0. The molecular formula is C15H14BrFN2O2S. The molecule has 0 aromatic heterocycles. The van der Waals surface area contributed by atoms with E-state index in [1.54, 1.807) is 12.1 Å². The van der Waals surface area contributed by atoms with Gasteiger partial charge in [0.2, 0.25) is 0 Å². The summed E-state index contributed by atoms with van der Waals surface area (Å²) in [6, 6.07) is 5.87. The van der Waals surface area contributed by atoms with E-state index in [9.17, 15) is 12.8 Å². The van der Waals surface area contributed by atoms with Crippen LogP contribution in [-0.4, -0.2) is 24.6 Å². The van der Waals surface area contributed by atoms with E-state index >= 15 is 0 Å². The second kappa shape index (κ2) is 5.89. The molecule has 1 heterocycles. The van der Waals surface area contributed by atoms with Crippen molar-refractivity contribution in [1.82, 2.24) is 4.31 Å². The fourth-order valence-electron chi connectivity index (χ4n) is 2.50. The van der Waals surface area contributed by atoms with Crippen LogP contribution in [0.3, 0.4) is 0 Å². The van der Waals surface area contributed by atoms with Gasteiger partial charge in [-0.2, -0.15) is 8.42 Å². The van der Waals surface area contributed by atoms with E-state index in [1.165, 1.54) is 28.7 Å². The fourth-order valence-corrected chi connectivity index (χ4v) is 4.71. The van der Waals surface area contributed by atoms with Crippen LogP contribution >= 0.6 is 15.9 Å². The molecule has 1 aliphatic carbocycles. The zero-order valence-corrected chi connectivity index (χ0v) is 14.0. The summed E-state index contributed by atoms with van der Waals surface area (Å²) in [5.41, 5.74) is 1.53. The molecule has 0 amide bonds. The Balaban J connectivity index is 2.18. The second-order valence-electron chi connectivity index (χ2n) is 4.85. The number of halogens is 2. The molecule has 1 aromatic rings. The molecule has 0 saturated carbocycles. The highest BCUT2D eigenvalue weighted by Gasteiger charge is 2.37. The molecule has 0 bridgehead atoms. The maximum atomic E-state index is 14.1. The van der Waals surface area contributed by atoms with Crippen LogP contribution in [0.4, 0.5) is 10.1 Å². The lowest BCUT2D eigenvalue weighted by molar-refractivity contribution is 0.488. The predicted molar refractivity (Wildman–Crippen MR) is 88.2 cm³/mol. The van der Waals surface area contributed by atoms with Gasteiger partial charge < -0.3 is 0 Å². The van der Waals surface area contributed by atoms with Crippen molar-refractivity contribution in [2.45, 2.75) is 6.42 Å². The average Bonchev–Trinajstić information content (AvgIpc) is 2.51. The lowest BCUT2D eigenvalue weighted by Gasteiger charge is -2.38. The summed E-state index contributed by atoms with van der Waals surface area (Å²) in [6.45, 7) is 0.282. The van der Waals surface area contributed by atoms with Crippen molar-refractivity contribution >= 4 is 31.8 Å². The minimum absolute atomic E-state index is 0.0307. The number of anilines is 1. The average molecular weight is 385 g/mol. The van der Waals surface area contributed by atoms with Crippen LogP contribution in [-0.2, 0) is 10.2 Å². The third-order valence-corrected chi connectivity index (χ3v) is 5.59. The van der Waals surface area contributed by atoms with E-state index in [2.05, 4.69) is 15.9 Å². The van der Waals surface area contributed by atoms with Gasteiger partial charge in [-0.05, 0) is 30.2 Å². The number of hydrogen-bond acceptors (Lipinski definition) is 2. The summed E-state index contributed by atoms with van der Waals surface area (Å²) < 4.78 is 42.1. The van der Waals surface area contributed by atoms with E-state index < -0.39 is 16.0 Å². The molecule has 22 heavy (non-hydrogen) atoms. The maximum absolute atomic E-state index is 14.1. The first-order valence-corrected chi connectivity index (χ1v) is 9.28. The lowest BCUT2D eigenvalue weighted by Crippen LogP contribution is -2.46. The maximum Gasteiger partial charge on any atom is 0.330 e. The van der Waals surface area contributed by atoms with Crippen LogP contribution in [0.5, 0.6) is 0 Å². The van der Waals surface area contributed by atoms with Crippen LogP contribution in [0.15, 0.2) is 60.0 Å². The Labute approximate surface area is 137 Å². The largest absolute Gasteiger partial charge is 0.330 e. The molecule has 0 saturated heterocycles. The van der Waals surface area contributed by atoms with Gasteiger partial charge in [0.05, 0.1) is 11.4 Å². The Morgan fingerprint density at radius 3 is 2.77 bits per heavy atom. The highest BCUT2D eigenvalue weighted by atomic mass is 79.9. The van der Waals surface area contributed by atoms with Crippen LogP contribution in [0, 0.1) is 5.82 Å². The molecule has 0 radical (unpaired) electrons. The van der Waals surface area contributed by atoms with Gasteiger partial charge in [0.1, 0.15) is 5.82 Å². The zero-order valence-electron chi connectivity index (χ0n) is 11.6. The number of allylic oxidation sites excluding steroid dienone is 4. The van der Waals surface area contributed by atoms with Gasteiger partial charge in [0, 0.05) is 18.1 Å². The molecule has 1 aromatic carbocycles. The highest BCUT2D eigenvalue weighted by molar-refractivity contribution is 9.09. The standard InChI is InChI=1S/C15H14BrFN2O2S/c16-9-10-18-14-7-3-1-5-12(14)11-19(22(18,20)21)15-8-4-2-6-13(15)17/h1-4,6-8,11H,5,9-10H2. The van der Waals surface area contributed by atoms with Crippen molar-refractivity contribution in [3.05, 3.63) is 65.8 Å². The second-order valence-corrected chi connectivity index (χ2v) is 7.38. The third kappa shape index (κ3) is 2.48. The number of fused-ring (bicyclic) bond motifs is 1. The van der Waals surface area contributed by atoms with Gasteiger partial charge in [0.15, 0.2) is 0 Å². The summed E-state index contributed by atoms with van der Waals surface area (Å²) in [7, 11) is -3.85. The fraction of sp³-hybridized carbons (Fsp3) is 0.200. The number of para-hydroxylation sites is 1. The third-order valence-electron chi connectivity index (χ3n) is 3.50. The Morgan fingerprint density at radius 1 is 1.27 bits per heavy atom. The van der Waals surface area contributed by atoms with Crippen molar-refractivity contribution in [3.63, 3.8) is 0 Å². The molecule has 0 unspecified atom stereocenters. The molecule has 1 aliphatic heterocycles. The van der Waals surface area contributed by atoms with E-state index in [0.29, 0.717) is 17.4 Å². The van der Waals surface area contributed by atoms with Gasteiger partial charge in [-0.1, -0.05) is 40.2 Å². The summed E-state index contributed by atoms with van der Waals surface area (Å²) >= 11 is 3.28. The number of alkyl halides is 1. The van der Waals surface area contributed by atoms with Gasteiger partial charge in [-0.25, -0.2) is 8.70 Å². The molecule has 3 rings (SSSR count). The van der Waals surface area contributed by atoms with E-state index in [-0.39, 0.29) is 12.2 Å². The number of rotatable bonds is 3. The summed E-state index contributed by atoms with van der Waals surface area (Å²) in [5, 5.41) is 0.492. The molecule has 2 aliphatic rings. The van der Waals surface area contributed by atoms with Crippen LogP contribution in [0.2, 0.25) is 0 Å². The molecule has 4 nitrogen and oxygen atoms in total. The number of hydrogen-bond donors (Lipinski definition) is 0.